The van der Waals surface area contributed by atoms with Gasteiger partial charge >= 0.3 is 12.1 Å². The second-order valence-electron chi connectivity index (χ2n) is 5.65. The van der Waals surface area contributed by atoms with Crippen molar-refractivity contribution in [3.8, 4) is 11.1 Å². The number of benzene rings is 1. The summed E-state index contributed by atoms with van der Waals surface area (Å²) in [5.74, 6) is -2.56. The average molecular weight is 408 g/mol. The molecule has 0 aliphatic heterocycles. The van der Waals surface area contributed by atoms with Crippen molar-refractivity contribution in [3.63, 3.8) is 0 Å². The summed E-state index contributed by atoms with van der Waals surface area (Å²) >= 11 is 6.14. The van der Waals surface area contributed by atoms with Gasteiger partial charge in [-0.3, -0.25) is 10.4 Å². The van der Waals surface area contributed by atoms with E-state index in [0.29, 0.717) is 16.5 Å². The van der Waals surface area contributed by atoms with E-state index in [-0.39, 0.29) is 21.9 Å². The number of carbonyl (C=O) groups is 2. The molecule has 0 aliphatic rings. The van der Waals surface area contributed by atoms with Crippen LogP contribution in [0.25, 0.3) is 27.5 Å². The highest BCUT2D eigenvalue weighted by atomic mass is 35.5. The van der Waals surface area contributed by atoms with Crippen molar-refractivity contribution in [2.24, 2.45) is 0 Å². The molecule has 0 radical (unpaired) electrons. The molecule has 3 aromatic heterocycles. The Labute approximate surface area is 158 Å². The van der Waals surface area contributed by atoms with E-state index in [9.17, 15) is 23.6 Å². The maximum absolute atomic E-state index is 14.6. The topological polar surface area (TPSA) is 122 Å². The number of aromatic carboxylic acids is 1. The van der Waals surface area contributed by atoms with Crippen molar-refractivity contribution >= 4 is 45.9 Å². The van der Waals surface area contributed by atoms with E-state index in [1.165, 1.54) is 23.0 Å². The van der Waals surface area contributed by atoms with Gasteiger partial charge in [-0.2, -0.15) is 5.10 Å². The Morgan fingerprint density at radius 1 is 1.36 bits per heavy atom. The minimum atomic E-state index is -1.48. The number of pyridine rings is 1. The number of hydrogen-bond acceptors (Lipinski definition) is 5. The van der Waals surface area contributed by atoms with Gasteiger partial charge in [0.2, 0.25) is 0 Å². The minimum absolute atomic E-state index is 0.00849. The molecule has 0 aliphatic carbocycles. The second-order valence-corrected chi connectivity index (χ2v) is 6.02. The molecule has 0 atom stereocenters. The molecule has 4 aromatic rings. The number of anilines is 1. The van der Waals surface area contributed by atoms with Crippen LogP contribution in [0.3, 0.4) is 0 Å². The first-order chi connectivity index (χ1) is 13.4. The summed E-state index contributed by atoms with van der Waals surface area (Å²) in [6, 6.07) is 4.56. The molecule has 4 rings (SSSR count). The number of aromatic amines is 1. The fourth-order valence-corrected chi connectivity index (χ4v) is 3.24. The zero-order valence-corrected chi connectivity index (χ0v) is 14.3. The first-order valence-corrected chi connectivity index (χ1v) is 7.95. The van der Waals surface area contributed by atoms with E-state index in [1.807, 2.05) is 0 Å². The Morgan fingerprint density at radius 3 is 2.86 bits per heavy atom. The van der Waals surface area contributed by atoms with E-state index in [2.05, 4.69) is 25.6 Å². The third-order valence-corrected chi connectivity index (χ3v) is 4.41. The normalized spacial score (nSPS) is 11.1. The van der Waals surface area contributed by atoms with Crippen LogP contribution in [0.4, 0.5) is 19.5 Å². The maximum Gasteiger partial charge on any atom is 0.450 e. The lowest BCUT2D eigenvalue weighted by Crippen LogP contribution is -2.09. The zero-order valence-electron chi connectivity index (χ0n) is 13.5. The zero-order chi connectivity index (χ0) is 20.0. The molecule has 28 heavy (non-hydrogen) atoms. The largest absolute Gasteiger partial charge is 0.478 e. The van der Waals surface area contributed by atoms with Crippen LogP contribution in [0.1, 0.15) is 10.4 Å². The van der Waals surface area contributed by atoms with Gasteiger partial charge < -0.3 is 5.11 Å². The van der Waals surface area contributed by atoms with Crippen molar-refractivity contribution in [1.29, 1.82) is 0 Å². The molecule has 3 N–H and O–H groups in total. The van der Waals surface area contributed by atoms with Gasteiger partial charge in [-0.15, -0.1) is 5.10 Å². The third kappa shape index (κ3) is 2.68. The van der Waals surface area contributed by atoms with Crippen molar-refractivity contribution < 1.29 is 28.6 Å². The van der Waals surface area contributed by atoms with Gasteiger partial charge in [0, 0.05) is 27.7 Å². The highest BCUT2D eigenvalue weighted by Gasteiger charge is 2.25. The minimum Gasteiger partial charge on any atom is -0.478 e. The smallest absolute Gasteiger partial charge is 0.450 e. The monoisotopic (exact) mass is 407 g/mol. The van der Waals surface area contributed by atoms with Crippen molar-refractivity contribution in [3.05, 3.63) is 47.0 Å². The Balaban J connectivity index is 1.91. The van der Waals surface area contributed by atoms with E-state index in [1.54, 1.807) is 12.1 Å². The standard InChI is InChI=1S/C16H8ClF2N5O4/c17-12-10(8-5-20-22-14(8)11(13(12)18)15(25)26)6-1-2-24-7(3-6)4-9(23-24)21-16(27)28-19/h1-5H,(H,20,22)(H,25,26)(H,21,23,27). The summed E-state index contributed by atoms with van der Waals surface area (Å²) in [4.78, 5) is 25.4. The average Bonchev–Trinajstić information content (AvgIpc) is 3.28. The number of nitrogens with one attached hydrogen (secondary N) is 2. The summed E-state index contributed by atoms with van der Waals surface area (Å²) in [7, 11) is 0. The molecule has 3 heterocycles. The van der Waals surface area contributed by atoms with E-state index >= 15 is 0 Å². The molecule has 0 spiro atoms. The number of rotatable bonds is 3. The molecule has 142 valence electrons. The number of halogens is 3. The van der Waals surface area contributed by atoms with Crippen molar-refractivity contribution in [2.75, 3.05) is 5.32 Å². The molecule has 0 saturated heterocycles. The fourth-order valence-electron chi connectivity index (χ4n) is 2.93. The molecule has 1 aromatic carbocycles. The van der Waals surface area contributed by atoms with E-state index < -0.39 is 23.4 Å². The number of carboxylic acids is 1. The van der Waals surface area contributed by atoms with Crippen LogP contribution in [0.5, 0.6) is 0 Å². The number of amides is 1. The van der Waals surface area contributed by atoms with Gasteiger partial charge in [0.1, 0.15) is 5.56 Å². The van der Waals surface area contributed by atoms with Crippen LogP contribution in [0.15, 0.2) is 30.6 Å². The van der Waals surface area contributed by atoms with Crippen molar-refractivity contribution in [2.45, 2.75) is 0 Å². The molecule has 0 saturated carbocycles. The number of nitrogens with zero attached hydrogens (tertiary/aromatic N) is 3. The van der Waals surface area contributed by atoms with Gasteiger partial charge in [-0.1, -0.05) is 11.6 Å². The number of aromatic nitrogens is 4. The first-order valence-electron chi connectivity index (χ1n) is 7.57. The molecule has 0 bridgehead atoms. The van der Waals surface area contributed by atoms with Crippen molar-refractivity contribution in [1.82, 2.24) is 19.8 Å². The lowest BCUT2D eigenvalue weighted by molar-refractivity contribution is -0.0544. The third-order valence-electron chi connectivity index (χ3n) is 4.06. The Bertz CT molecular complexity index is 1270. The summed E-state index contributed by atoms with van der Waals surface area (Å²) in [6.07, 6.45) is 1.51. The number of carbonyl (C=O) groups excluding carboxylic acids is 1. The molecule has 12 heteroatoms. The van der Waals surface area contributed by atoms with Crippen LogP contribution in [-0.2, 0) is 4.94 Å². The highest BCUT2D eigenvalue weighted by Crippen LogP contribution is 2.39. The molecular weight excluding hydrogens is 400 g/mol. The Hall–Kier alpha value is -3.73. The number of carboxylic acid groups (broad SMARTS) is 1. The molecule has 1 amide bonds. The first kappa shape index (κ1) is 17.7. The lowest BCUT2D eigenvalue weighted by atomic mass is 9.99. The molecular formula is C16H8ClF2N5O4. The van der Waals surface area contributed by atoms with Crippen LogP contribution >= 0.6 is 11.6 Å². The van der Waals surface area contributed by atoms with Gasteiger partial charge in [0.25, 0.3) is 0 Å². The predicted octanol–water partition coefficient (Wildman–Crippen LogP) is 3.80. The van der Waals surface area contributed by atoms with Crippen LogP contribution in [0.2, 0.25) is 5.02 Å². The number of fused-ring (bicyclic) bond motifs is 2. The fraction of sp³-hybridized carbons (Fsp3) is 0. The van der Waals surface area contributed by atoms with Gasteiger partial charge in [-0.05, 0) is 17.7 Å². The molecule has 0 unspecified atom stereocenters. The Morgan fingerprint density at radius 2 is 2.14 bits per heavy atom. The summed E-state index contributed by atoms with van der Waals surface area (Å²) in [5.41, 5.74) is 0.518. The second kappa shape index (κ2) is 6.46. The molecule has 9 nitrogen and oxygen atoms in total. The van der Waals surface area contributed by atoms with Crippen LogP contribution in [0, 0.1) is 5.82 Å². The number of H-pyrrole nitrogens is 1. The molecule has 0 fully saturated rings. The SMILES string of the molecule is O=C(Nc1cc2cc(-c3c(Cl)c(F)c(C(=O)O)c4[nH]ncc34)ccn2n1)OF. The van der Waals surface area contributed by atoms with Gasteiger partial charge in [0.05, 0.1) is 22.3 Å². The van der Waals surface area contributed by atoms with E-state index in [4.69, 9.17) is 11.6 Å². The quantitative estimate of drug-likeness (QED) is 0.475. The van der Waals surface area contributed by atoms with Crippen LogP contribution in [-0.4, -0.2) is 37.0 Å². The van der Waals surface area contributed by atoms with Gasteiger partial charge in [0.15, 0.2) is 11.6 Å². The lowest BCUT2D eigenvalue weighted by Gasteiger charge is -2.10. The van der Waals surface area contributed by atoms with Gasteiger partial charge in [-0.25, -0.2) is 23.4 Å². The predicted molar refractivity (Wildman–Crippen MR) is 93.4 cm³/mol. The Kier molecular flexibility index (Phi) is 4.08. The summed E-state index contributed by atoms with van der Waals surface area (Å²) in [6.45, 7) is 0. The summed E-state index contributed by atoms with van der Waals surface area (Å²) < 4.78 is 27.9. The highest BCUT2D eigenvalue weighted by molar-refractivity contribution is 6.36. The van der Waals surface area contributed by atoms with Crippen LogP contribution < -0.4 is 5.32 Å². The number of hydrogen-bond donors (Lipinski definition) is 3. The maximum atomic E-state index is 14.6. The summed E-state index contributed by atoms with van der Waals surface area (Å²) in [5, 5.41) is 21.5. The van der Waals surface area contributed by atoms with E-state index in [0.717, 1.165) is 0 Å².